The van der Waals surface area contributed by atoms with Crippen molar-refractivity contribution in [2.45, 2.75) is 64.5 Å². The Bertz CT molecular complexity index is 1960. The van der Waals surface area contributed by atoms with Gasteiger partial charge in [-0.1, -0.05) is 111 Å². The maximum absolute atomic E-state index is 13.3. The number of amides is 2. The molecule has 0 bridgehead atoms. The zero-order valence-corrected chi connectivity index (χ0v) is 30.0. The number of unbranched alkanes of at least 4 members (excludes halogenated alkanes) is 4. The minimum Gasteiger partial charge on any atom is -0.494 e. The van der Waals surface area contributed by atoms with Crippen LogP contribution in [-0.4, -0.2) is 57.3 Å². The lowest BCUT2D eigenvalue weighted by Crippen LogP contribution is -2.51. The molecular weight excluding hydrogens is 668 g/mol. The number of aliphatic carboxylic acids is 1. The Balaban J connectivity index is 1.22. The highest BCUT2D eigenvalue weighted by molar-refractivity contribution is 6.09. The number of benzene rings is 4. The fraction of sp³-hybridized carbons (Fsp3) is 0.256. The summed E-state index contributed by atoms with van der Waals surface area (Å²) >= 11 is 0. The van der Waals surface area contributed by atoms with Gasteiger partial charge in [0.1, 0.15) is 17.8 Å². The van der Waals surface area contributed by atoms with Gasteiger partial charge in [-0.25, -0.2) is 9.97 Å². The lowest BCUT2D eigenvalue weighted by molar-refractivity contribution is -0.141. The average Bonchev–Trinajstić information content (AvgIpc) is 3.19. The van der Waals surface area contributed by atoms with Crippen molar-refractivity contribution in [3.05, 3.63) is 138 Å². The number of carboxylic acids is 1. The Kier molecular flexibility index (Phi) is 13.6. The molecule has 5 rings (SSSR count). The van der Waals surface area contributed by atoms with Crippen LogP contribution in [0.3, 0.4) is 0 Å². The monoisotopic (exact) mass is 712 g/mol. The summed E-state index contributed by atoms with van der Waals surface area (Å²) in [7, 11) is 0. The average molecular weight is 713 g/mol. The molecular formula is C43H44N4O6. The SMILES string of the molecule is CCCCCCCOc1ccc(-c2cnc(-c3ccc(CC(NC(=O)c4ccc(C(=O)c5ccccc5)cc4)C(=O)NC(C)C(=O)O)cc3)nc2)cc1. The van der Waals surface area contributed by atoms with E-state index in [0.717, 1.165) is 34.4 Å². The second-order valence-corrected chi connectivity index (χ2v) is 12.9. The van der Waals surface area contributed by atoms with E-state index in [-0.39, 0.29) is 17.8 Å². The number of nitrogens with zero attached hydrogens (tertiary/aromatic N) is 2. The second kappa shape index (κ2) is 18.9. The van der Waals surface area contributed by atoms with Crippen LogP contribution in [0.5, 0.6) is 5.75 Å². The smallest absolute Gasteiger partial charge is 0.325 e. The first-order chi connectivity index (χ1) is 25.7. The maximum Gasteiger partial charge on any atom is 0.325 e. The van der Waals surface area contributed by atoms with Crippen LogP contribution < -0.4 is 15.4 Å². The molecule has 10 nitrogen and oxygen atoms in total. The maximum atomic E-state index is 13.3. The minimum absolute atomic E-state index is 0.0904. The van der Waals surface area contributed by atoms with Gasteiger partial charge in [0, 0.05) is 46.6 Å². The predicted molar refractivity (Wildman–Crippen MR) is 204 cm³/mol. The molecule has 0 aliphatic carbocycles. The summed E-state index contributed by atoms with van der Waals surface area (Å²) in [5, 5.41) is 14.5. The van der Waals surface area contributed by atoms with Crippen LogP contribution in [0.4, 0.5) is 0 Å². The van der Waals surface area contributed by atoms with Crippen molar-refractivity contribution in [2.75, 3.05) is 6.61 Å². The number of rotatable bonds is 18. The number of hydrogen-bond acceptors (Lipinski definition) is 7. The lowest BCUT2D eigenvalue weighted by atomic mass is 10.0. The molecule has 10 heteroatoms. The molecule has 272 valence electrons. The van der Waals surface area contributed by atoms with Gasteiger partial charge in [0.05, 0.1) is 6.61 Å². The summed E-state index contributed by atoms with van der Waals surface area (Å²) in [6.45, 7) is 4.26. The van der Waals surface area contributed by atoms with Crippen molar-refractivity contribution in [1.82, 2.24) is 20.6 Å². The van der Waals surface area contributed by atoms with Gasteiger partial charge in [0.25, 0.3) is 5.91 Å². The molecule has 0 saturated carbocycles. The molecule has 0 saturated heterocycles. The van der Waals surface area contributed by atoms with Gasteiger partial charge in [-0.15, -0.1) is 0 Å². The molecule has 1 aromatic heterocycles. The van der Waals surface area contributed by atoms with Crippen LogP contribution in [0.2, 0.25) is 0 Å². The zero-order chi connectivity index (χ0) is 37.6. The quantitative estimate of drug-likeness (QED) is 0.0633. The van der Waals surface area contributed by atoms with Crippen molar-refractivity contribution >= 4 is 23.6 Å². The van der Waals surface area contributed by atoms with Gasteiger partial charge in [0.2, 0.25) is 5.91 Å². The molecule has 1 heterocycles. The lowest BCUT2D eigenvalue weighted by Gasteiger charge is -2.20. The third kappa shape index (κ3) is 10.9. The summed E-state index contributed by atoms with van der Waals surface area (Å²) in [6.07, 6.45) is 9.58. The fourth-order valence-corrected chi connectivity index (χ4v) is 5.65. The number of ketones is 1. The van der Waals surface area contributed by atoms with E-state index in [9.17, 15) is 24.3 Å². The molecule has 0 spiro atoms. The zero-order valence-electron chi connectivity index (χ0n) is 30.0. The first kappa shape index (κ1) is 38.1. The van der Waals surface area contributed by atoms with E-state index in [1.807, 2.05) is 54.6 Å². The second-order valence-electron chi connectivity index (χ2n) is 12.9. The Labute approximate surface area is 309 Å². The molecule has 3 N–H and O–H groups in total. The number of carbonyl (C=O) groups excluding carboxylic acids is 3. The van der Waals surface area contributed by atoms with Crippen molar-refractivity contribution in [3.63, 3.8) is 0 Å². The Hall–Kier alpha value is -6.16. The fourth-order valence-electron chi connectivity index (χ4n) is 5.65. The van der Waals surface area contributed by atoms with Crippen LogP contribution in [0.1, 0.15) is 77.8 Å². The molecule has 5 aromatic rings. The topological polar surface area (TPSA) is 148 Å². The third-order valence-corrected chi connectivity index (χ3v) is 8.80. The van der Waals surface area contributed by atoms with Gasteiger partial charge >= 0.3 is 5.97 Å². The van der Waals surface area contributed by atoms with Crippen LogP contribution in [-0.2, 0) is 16.0 Å². The van der Waals surface area contributed by atoms with Gasteiger partial charge in [-0.2, -0.15) is 0 Å². The summed E-state index contributed by atoms with van der Waals surface area (Å²) in [5.74, 6) is -1.21. The number of nitrogens with one attached hydrogen (secondary N) is 2. The van der Waals surface area contributed by atoms with Crippen molar-refractivity contribution in [2.24, 2.45) is 0 Å². The summed E-state index contributed by atoms with van der Waals surface area (Å²) < 4.78 is 5.88. The van der Waals surface area contributed by atoms with E-state index >= 15 is 0 Å². The van der Waals surface area contributed by atoms with Crippen molar-refractivity contribution in [1.29, 1.82) is 0 Å². The molecule has 53 heavy (non-hydrogen) atoms. The van der Waals surface area contributed by atoms with Crippen molar-refractivity contribution in [3.8, 4) is 28.3 Å². The van der Waals surface area contributed by atoms with E-state index in [1.54, 1.807) is 48.8 Å². The summed E-state index contributed by atoms with van der Waals surface area (Å²) in [5.41, 5.74) is 4.51. The predicted octanol–water partition coefficient (Wildman–Crippen LogP) is 7.32. The highest BCUT2D eigenvalue weighted by Gasteiger charge is 2.25. The first-order valence-electron chi connectivity index (χ1n) is 17.9. The molecule has 2 amide bonds. The largest absolute Gasteiger partial charge is 0.494 e. The van der Waals surface area contributed by atoms with E-state index in [0.29, 0.717) is 23.6 Å². The molecule has 4 aromatic carbocycles. The van der Waals surface area contributed by atoms with E-state index in [4.69, 9.17) is 4.74 Å². The molecule has 2 atom stereocenters. The van der Waals surface area contributed by atoms with Gasteiger partial charge in [0.15, 0.2) is 11.6 Å². The van der Waals surface area contributed by atoms with Gasteiger partial charge in [-0.05, 0) is 48.7 Å². The molecule has 0 aliphatic heterocycles. The van der Waals surface area contributed by atoms with Crippen LogP contribution in [0.15, 0.2) is 116 Å². The standard InChI is InChI=1S/C43H44N4O6/c1-3-4-5-6-10-25-53-37-23-21-31(22-24-37)36-27-44-40(45-28-36)34-15-13-30(14-16-34)26-38(42(50)46-29(2)43(51)52)47-41(49)35-19-17-33(18-20-35)39(48)32-11-8-7-9-12-32/h7-9,11-24,27-29,38H,3-6,10,25-26H2,1-2H3,(H,46,50)(H,47,49)(H,51,52). The molecule has 0 fully saturated rings. The van der Waals surface area contributed by atoms with Crippen molar-refractivity contribution < 1.29 is 29.0 Å². The van der Waals surface area contributed by atoms with Crippen LogP contribution in [0.25, 0.3) is 22.5 Å². The molecule has 2 unspecified atom stereocenters. The molecule has 0 aliphatic rings. The number of hydrogen-bond donors (Lipinski definition) is 3. The van der Waals surface area contributed by atoms with E-state index in [2.05, 4.69) is 27.5 Å². The van der Waals surface area contributed by atoms with Crippen LogP contribution >= 0.6 is 0 Å². The number of carboxylic acid groups (broad SMARTS) is 1. The normalized spacial score (nSPS) is 12.0. The summed E-state index contributed by atoms with van der Waals surface area (Å²) in [4.78, 5) is 59.9. The van der Waals surface area contributed by atoms with Gasteiger partial charge in [-0.3, -0.25) is 19.2 Å². The highest BCUT2D eigenvalue weighted by Crippen LogP contribution is 2.24. The molecule has 0 radical (unpaired) electrons. The number of ether oxygens (including phenoxy) is 1. The Morgan fingerprint density at radius 3 is 1.92 bits per heavy atom. The third-order valence-electron chi connectivity index (χ3n) is 8.80. The van der Waals surface area contributed by atoms with E-state index in [1.165, 1.54) is 44.7 Å². The Morgan fingerprint density at radius 1 is 0.679 bits per heavy atom. The van der Waals surface area contributed by atoms with E-state index < -0.39 is 29.9 Å². The van der Waals surface area contributed by atoms with Gasteiger partial charge < -0.3 is 20.5 Å². The number of aromatic nitrogens is 2. The first-order valence-corrected chi connectivity index (χ1v) is 17.9. The van der Waals surface area contributed by atoms with Crippen LogP contribution in [0, 0.1) is 0 Å². The summed E-state index contributed by atoms with van der Waals surface area (Å²) in [6, 6.07) is 27.9. The minimum atomic E-state index is -1.20. The Morgan fingerprint density at radius 2 is 1.28 bits per heavy atom. The number of carbonyl (C=O) groups is 4. The highest BCUT2D eigenvalue weighted by atomic mass is 16.5.